The molecule has 1 atom stereocenters. The minimum atomic E-state index is -3.54. The number of hydrogen-bond donors (Lipinski definition) is 1. The van der Waals surface area contributed by atoms with Gasteiger partial charge in [-0.1, -0.05) is 33.8 Å². The number of nitrogens with zero attached hydrogens (tertiary/aromatic N) is 2. The molecule has 1 aromatic rings. The van der Waals surface area contributed by atoms with E-state index in [0.717, 1.165) is 13.0 Å². The molecule has 0 spiro atoms. The number of rotatable bonds is 7. The summed E-state index contributed by atoms with van der Waals surface area (Å²) in [6, 6.07) is 5.00. The van der Waals surface area contributed by atoms with Gasteiger partial charge in [-0.05, 0) is 30.5 Å². The van der Waals surface area contributed by atoms with E-state index in [1.54, 1.807) is 19.2 Å². The molecule has 0 saturated carbocycles. The third-order valence-electron chi connectivity index (χ3n) is 3.44. The van der Waals surface area contributed by atoms with Gasteiger partial charge in [-0.3, -0.25) is 0 Å². The van der Waals surface area contributed by atoms with Crippen LogP contribution in [0.15, 0.2) is 29.4 Å². The molecule has 0 saturated heterocycles. The van der Waals surface area contributed by atoms with Gasteiger partial charge in [-0.15, -0.1) is 0 Å². The number of nitrogens with one attached hydrogen (secondary N) is 1. The molecular formula is C15H27N3O2S. The smallest absolute Gasteiger partial charge is 0.260 e. The summed E-state index contributed by atoms with van der Waals surface area (Å²) in [5.74, 6) is 0. The summed E-state index contributed by atoms with van der Waals surface area (Å²) in [7, 11) is -1.93. The Hall–Kier alpha value is -0.980. The standard InChI is InChI=1S/C15H27N3O2S/c1-6-10-16-13(15(2,3)4)12-18(5)21(19,20)14-9-7-8-11-17-14/h7-9,11,13,16H,6,10,12H2,1-5H3/t13-/m1/s1. The maximum atomic E-state index is 12.5. The summed E-state index contributed by atoms with van der Waals surface area (Å²) in [4.78, 5) is 3.95. The van der Waals surface area contributed by atoms with Crippen LogP contribution in [0.1, 0.15) is 34.1 Å². The van der Waals surface area contributed by atoms with Crippen molar-refractivity contribution in [3.05, 3.63) is 24.4 Å². The molecule has 1 rings (SSSR count). The van der Waals surface area contributed by atoms with E-state index in [1.165, 1.54) is 16.6 Å². The molecule has 0 aromatic carbocycles. The molecule has 1 heterocycles. The summed E-state index contributed by atoms with van der Waals surface area (Å²) in [5, 5.41) is 3.53. The van der Waals surface area contributed by atoms with Gasteiger partial charge < -0.3 is 5.32 Å². The Morgan fingerprint density at radius 2 is 2.00 bits per heavy atom. The van der Waals surface area contributed by atoms with Gasteiger partial charge in [0, 0.05) is 25.8 Å². The number of aromatic nitrogens is 1. The van der Waals surface area contributed by atoms with Crippen molar-refractivity contribution in [1.29, 1.82) is 0 Å². The average molecular weight is 313 g/mol. The van der Waals surface area contributed by atoms with Gasteiger partial charge in [-0.25, -0.2) is 13.4 Å². The molecule has 0 fully saturated rings. The molecule has 5 nitrogen and oxygen atoms in total. The lowest BCUT2D eigenvalue weighted by molar-refractivity contribution is 0.235. The molecule has 6 heteroatoms. The predicted molar refractivity (Wildman–Crippen MR) is 85.6 cm³/mol. The highest BCUT2D eigenvalue weighted by Crippen LogP contribution is 2.22. The fraction of sp³-hybridized carbons (Fsp3) is 0.667. The zero-order valence-electron chi connectivity index (χ0n) is 13.6. The van der Waals surface area contributed by atoms with Crippen molar-refractivity contribution in [3.8, 4) is 0 Å². The number of sulfonamides is 1. The van der Waals surface area contributed by atoms with Crippen LogP contribution in [-0.4, -0.2) is 43.9 Å². The fourth-order valence-electron chi connectivity index (χ4n) is 1.98. The largest absolute Gasteiger partial charge is 0.312 e. The van der Waals surface area contributed by atoms with Crippen LogP contribution in [-0.2, 0) is 10.0 Å². The van der Waals surface area contributed by atoms with E-state index in [4.69, 9.17) is 0 Å². The quantitative estimate of drug-likeness (QED) is 0.837. The van der Waals surface area contributed by atoms with Gasteiger partial charge in [0.25, 0.3) is 10.0 Å². The van der Waals surface area contributed by atoms with Crippen molar-refractivity contribution in [1.82, 2.24) is 14.6 Å². The molecule has 0 aliphatic carbocycles. The first kappa shape index (κ1) is 18.1. The second kappa shape index (κ2) is 7.33. The van der Waals surface area contributed by atoms with Crippen LogP contribution in [0.5, 0.6) is 0 Å². The Morgan fingerprint density at radius 3 is 2.48 bits per heavy atom. The number of pyridine rings is 1. The van der Waals surface area contributed by atoms with Crippen molar-refractivity contribution >= 4 is 10.0 Å². The average Bonchev–Trinajstić information content (AvgIpc) is 2.42. The molecule has 0 aliphatic rings. The Morgan fingerprint density at radius 1 is 1.33 bits per heavy atom. The second-order valence-electron chi connectivity index (χ2n) is 6.33. The van der Waals surface area contributed by atoms with Gasteiger partial charge >= 0.3 is 0 Å². The Balaban J connectivity index is 2.89. The van der Waals surface area contributed by atoms with Crippen molar-refractivity contribution in [2.75, 3.05) is 20.1 Å². The predicted octanol–water partition coefficient (Wildman–Crippen LogP) is 2.12. The van der Waals surface area contributed by atoms with Crippen LogP contribution < -0.4 is 5.32 Å². The van der Waals surface area contributed by atoms with Crippen LogP contribution in [0.3, 0.4) is 0 Å². The summed E-state index contributed by atoms with van der Waals surface area (Å²) < 4.78 is 26.4. The molecule has 0 bridgehead atoms. The Labute approximate surface area is 128 Å². The highest BCUT2D eigenvalue weighted by atomic mass is 32.2. The molecule has 1 aromatic heterocycles. The molecule has 0 aliphatic heterocycles. The van der Waals surface area contributed by atoms with Crippen LogP contribution in [0.25, 0.3) is 0 Å². The van der Waals surface area contributed by atoms with Crippen LogP contribution in [0, 0.1) is 5.41 Å². The molecule has 21 heavy (non-hydrogen) atoms. The van der Waals surface area contributed by atoms with Gasteiger partial charge in [0.15, 0.2) is 5.03 Å². The van der Waals surface area contributed by atoms with Gasteiger partial charge in [-0.2, -0.15) is 4.31 Å². The first-order valence-electron chi connectivity index (χ1n) is 7.30. The summed E-state index contributed by atoms with van der Waals surface area (Å²) >= 11 is 0. The van der Waals surface area contributed by atoms with E-state index in [1.807, 2.05) is 0 Å². The normalized spacial score (nSPS) is 14.4. The third-order valence-corrected chi connectivity index (χ3v) is 5.18. The summed E-state index contributed by atoms with van der Waals surface area (Å²) in [5.41, 5.74) is -0.0247. The Bertz CT molecular complexity index is 524. The lowest BCUT2D eigenvalue weighted by atomic mass is 9.86. The van der Waals surface area contributed by atoms with Gasteiger partial charge in [0.1, 0.15) is 0 Å². The fourth-order valence-corrected chi connectivity index (χ4v) is 3.09. The molecule has 0 unspecified atom stereocenters. The number of hydrogen-bond acceptors (Lipinski definition) is 4. The van der Waals surface area contributed by atoms with Gasteiger partial charge in [0.2, 0.25) is 0 Å². The van der Waals surface area contributed by atoms with E-state index >= 15 is 0 Å². The summed E-state index contributed by atoms with van der Waals surface area (Å²) in [6.45, 7) is 9.73. The lowest BCUT2D eigenvalue weighted by Crippen LogP contribution is -2.49. The van der Waals surface area contributed by atoms with E-state index in [-0.39, 0.29) is 16.5 Å². The van der Waals surface area contributed by atoms with E-state index in [0.29, 0.717) is 6.54 Å². The van der Waals surface area contributed by atoms with Crippen molar-refractivity contribution < 1.29 is 8.42 Å². The molecule has 0 amide bonds. The Kier molecular flexibility index (Phi) is 6.31. The number of likely N-dealkylation sites (N-methyl/N-ethyl adjacent to an activating group) is 1. The monoisotopic (exact) mass is 313 g/mol. The SMILES string of the molecule is CCCN[C@H](CN(C)S(=O)(=O)c1ccccn1)C(C)(C)C. The lowest BCUT2D eigenvalue weighted by Gasteiger charge is -2.34. The topological polar surface area (TPSA) is 62.3 Å². The molecular weight excluding hydrogens is 286 g/mol. The summed E-state index contributed by atoms with van der Waals surface area (Å²) in [6.07, 6.45) is 2.51. The third kappa shape index (κ3) is 5.05. The highest BCUT2D eigenvalue weighted by Gasteiger charge is 2.30. The molecule has 0 radical (unpaired) electrons. The van der Waals surface area contributed by atoms with E-state index in [2.05, 4.69) is 38.0 Å². The van der Waals surface area contributed by atoms with Crippen molar-refractivity contribution in [3.63, 3.8) is 0 Å². The van der Waals surface area contributed by atoms with E-state index < -0.39 is 10.0 Å². The first-order chi connectivity index (χ1) is 9.69. The van der Waals surface area contributed by atoms with Crippen LogP contribution in [0.2, 0.25) is 0 Å². The molecule has 120 valence electrons. The minimum Gasteiger partial charge on any atom is -0.312 e. The maximum Gasteiger partial charge on any atom is 0.260 e. The van der Waals surface area contributed by atoms with Crippen LogP contribution >= 0.6 is 0 Å². The first-order valence-corrected chi connectivity index (χ1v) is 8.74. The second-order valence-corrected chi connectivity index (χ2v) is 8.32. The van der Waals surface area contributed by atoms with E-state index in [9.17, 15) is 8.42 Å². The highest BCUT2D eigenvalue weighted by molar-refractivity contribution is 7.89. The van der Waals surface area contributed by atoms with Gasteiger partial charge in [0.05, 0.1) is 0 Å². The van der Waals surface area contributed by atoms with Crippen molar-refractivity contribution in [2.24, 2.45) is 5.41 Å². The van der Waals surface area contributed by atoms with Crippen LogP contribution in [0.4, 0.5) is 0 Å². The van der Waals surface area contributed by atoms with Crippen molar-refractivity contribution in [2.45, 2.75) is 45.2 Å². The zero-order valence-corrected chi connectivity index (χ0v) is 14.4. The molecule has 1 N–H and O–H groups in total. The zero-order chi connectivity index (χ0) is 16.1. The minimum absolute atomic E-state index is 0.0247. The maximum absolute atomic E-state index is 12.5.